The van der Waals surface area contributed by atoms with Crippen molar-refractivity contribution in [1.29, 1.82) is 5.26 Å². The van der Waals surface area contributed by atoms with Gasteiger partial charge in [0.2, 0.25) is 10.0 Å². The standard InChI is InChI=1S/C15H19FN2O2S/c1-15(2,3)21(19,20)18-6-4-5-14(18)12-7-11(10-17)8-13(16)9-12/h7-9,14H,4-6H2,1-3H3. The molecule has 0 aromatic heterocycles. The minimum absolute atomic E-state index is 0.213. The molecule has 6 heteroatoms. The summed E-state index contributed by atoms with van der Waals surface area (Å²) in [6, 6.07) is 5.56. The number of halogens is 1. The lowest BCUT2D eigenvalue weighted by molar-refractivity contribution is 0.380. The van der Waals surface area contributed by atoms with Crippen molar-refractivity contribution in [2.75, 3.05) is 6.54 Å². The van der Waals surface area contributed by atoms with Crippen LogP contribution in [0.3, 0.4) is 0 Å². The zero-order valence-electron chi connectivity index (χ0n) is 12.4. The van der Waals surface area contributed by atoms with Crippen LogP contribution >= 0.6 is 0 Å². The van der Waals surface area contributed by atoms with E-state index in [2.05, 4.69) is 0 Å². The first kappa shape index (κ1) is 15.9. The van der Waals surface area contributed by atoms with Crippen LogP contribution < -0.4 is 0 Å². The summed E-state index contributed by atoms with van der Waals surface area (Å²) in [4.78, 5) is 0. The molecule has 2 rings (SSSR count). The van der Waals surface area contributed by atoms with E-state index >= 15 is 0 Å². The molecule has 1 heterocycles. The third-order valence-corrected chi connectivity index (χ3v) is 6.32. The average Bonchev–Trinajstić information content (AvgIpc) is 2.86. The number of sulfonamides is 1. The molecule has 114 valence electrons. The van der Waals surface area contributed by atoms with Gasteiger partial charge < -0.3 is 0 Å². The minimum atomic E-state index is -3.48. The molecule has 0 radical (unpaired) electrons. The average molecular weight is 310 g/mol. The van der Waals surface area contributed by atoms with Crippen LogP contribution in [-0.4, -0.2) is 24.0 Å². The molecule has 4 nitrogen and oxygen atoms in total. The summed E-state index contributed by atoms with van der Waals surface area (Å²) in [5, 5.41) is 8.94. The summed E-state index contributed by atoms with van der Waals surface area (Å²) >= 11 is 0. The van der Waals surface area contributed by atoms with Crippen LogP contribution in [0.4, 0.5) is 4.39 Å². The monoisotopic (exact) mass is 310 g/mol. The first-order valence-electron chi connectivity index (χ1n) is 6.89. The summed E-state index contributed by atoms with van der Waals surface area (Å²) in [6.45, 7) is 5.40. The molecule has 21 heavy (non-hydrogen) atoms. The van der Waals surface area contributed by atoms with Crippen LogP contribution in [0.15, 0.2) is 18.2 Å². The van der Waals surface area contributed by atoms with Crippen molar-refractivity contribution in [1.82, 2.24) is 4.31 Å². The Bertz CT molecular complexity index is 687. The van der Waals surface area contributed by atoms with Crippen molar-refractivity contribution in [3.63, 3.8) is 0 Å². The maximum atomic E-state index is 13.6. The molecular formula is C15H19FN2O2S. The summed E-state index contributed by atoms with van der Waals surface area (Å²) in [5.74, 6) is -0.510. The number of benzene rings is 1. The Balaban J connectivity index is 2.45. The van der Waals surface area contributed by atoms with E-state index in [0.717, 1.165) is 12.5 Å². The number of nitriles is 1. The van der Waals surface area contributed by atoms with Crippen LogP contribution in [0.2, 0.25) is 0 Å². The quantitative estimate of drug-likeness (QED) is 0.843. The lowest BCUT2D eigenvalue weighted by atomic mass is 10.0. The highest BCUT2D eigenvalue weighted by molar-refractivity contribution is 7.90. The first-order chi connectivity index (χ1) is 9.66. The molecule has 0 bridgehead atoms. The van der Waals surface area contributed by atoms with E-state index in [1.54, 1.807) is 26.8 Å². The number of rotatable bonds is 2. The van der Waals surface area contributed by atoms with Crippen molar-refractivity contribution in [2.45, 2.75) is 44.4 Å². The van der Waals surface area contributed by atoms with E-state index in [1.165, 1.54) is 10.4 Å². The van der Waals surface area contributed by atoms with Gasteiger partial charge >= 0.3 is 0 Å². The molecule has 0 saturated carbocycles. The van der Waals surface area contributed by atoms with E-state index in [-0.39, 0.29) is 5.56 Å². The van der Waals surface area contributed by atoms with Crippen LogP contribution in [0.1, 0.15) is 50.8 Å². The number of nitrogens with zero attached hydrogens (tertiary/aromatic N) is 2. The van der Waals surface area contributed by atoms with Crippen LogP contribution in [0.25, 0.3) is 0 Å². The molecule has 1 aromatic carbocycles. The number of hydrogen-bond donors (Lipinski definition) is 0. The van der Waals surface area contributed by atoms with Gasteiger partial charge in [-0.05, 0) is 57.4 Å². The van der Waals surface area contributed by atoms with Crippen LogP contribution in [0, 0.1) is 17.1 Å². The fourth-order valence-electron chi connectivity index (χ4n) is 2.58. The maximum Gasteiger partial charge on any atom is 0.219 e. The zero-order valence-corrected chi connectivity index (χ0v) is 13.2. The summed E-state index contributed by atoms with van der Waals surface area (Å²) in [7, 11) is -3.48. The molecule has 0 spiro atoms. The summed E-state index contributed by atoms with van der Waals surface area (Å²) < 4.78 is 39.4. The predicted octanol–water partition coefficient (Wildman–Crippen LogP) is 2.96. The molecule has 1 aromatic rings. The lowest BCUT2D eigenvalue weighted by Gasteiger charge is -2.31. The third-order valence-electron chi connectivity index (χ3n) is 3.72. The fourth-order valence-corrected chi connectivity index (χ4v) is 4.22. The van der Waals surface area contributed by atoms with Gasteiger partial charge in [-0.15, -0.1) is 0 Å². The van der Waals surface area contributed by atoms with Crippen molar-refractivity contribution in [2.24, 2.45) is 0 Å². The normalized spacial score (nSPS) is 20.4. The van der Waals surface area contributed by atoms with Crippen LogP contribution in [0.5, 0.6) is 0 Å². The summed E-state index contributed by atoms with van der Waals surface area (Å²) in [6.07, 6.45) is 1.38. The highest BCUT2D eigenvalue weighted by atomic mass is 32.2. The van der Waals surface area contributed by atoms with Crippen molar-refractivity contribution < 1.29 is 12.8 Å². The van der Waals surface area contributed by atoms with Gasteiger partial charge in [0.15, 0.2) is 0 Å². The molecule has 1 fully saturated rings. The van der Waals surface area contributed by atoms with Crippen LogP contribution in [-0.2, 0) is 10.0 Å². The van der Waals surface area contributed by atoms with Gasteiger partial charge in [-0.1, -0.05) is 0 Å². The molecule has 1 aliphatic heterocycles. The van der Waals surface area contributed by atoms with Gasteiger partial charge in [0.25, 0.3) is 0 Å². The SMILES string of the molecule is CC(C)(C)S(=O)(=O)N1CCCC1c1cc(F)cc(C#N)c1. The Kier molecular flexibility index (Phi) is 4.09. The molecule has 1 saturated heterocycles. The van der Waals surface area contributed by atoms with Gasteiger partial charge in [-0.3, -0.25) is 0 Å². The van der Waals surface area contributed by atoms with Gasteiger partial charge in [-0.25, -0.2) is 12.8 Å². The third kappa shape index (κ3) is 2.94. The molecular weight excluding hydrogens is 291 g/mol. The highest BCUT2D eigenvalue weighted by Gasteiger charge is 2.42. The van der Waals surface area contributed by atoms with Crippen molar-refractivity contribution >= 4 is 10.0 Å². The smallest absolute Gasteiger partial charge is 0.212 e. The topological polar surface area (TPSA) is 61.2 Å². The predicted molar refractivity (Wildman–Crippen MR) is 78.5 cm³/mol. The van der Waals surface area contributed by atoms with Crippen molar-refractivity contribution in [3.8, 4) is 6.07 Å². The van der Waals surface area contributed by atoms with E-state index < -0.39 is 26.6 Å². The Morgan fingerprint density at radius 1 is 1.33 bits per heavy atom. The Labute approximate surface area is 125 Å². The van der Waals surface area contributed by atoms with E-state index in [1.807, 2.05) is 6.07 Å². The Morgan fingerprint density at radius 3 is 2.57 bits per heavy atom. The molecule has 0 N–H and O–H groups in total. The van der Waals surface area contributed by atoms with Gasteiger partial charge in [0, 0.05) is 12.6 Å². The van der Waals surface area contributed by atoms with Crippen molar-refractivity contribution in [3.05, 3.63) is 35.1 Å². The second kappa shape index (κ2) is 5.39. The summed E-state index contributed by atoms with van der Waals surface area (Å²) in [5.41, 5.74) is 0.766. The molecule has 0 amide bonds. The number of hydrogen-bond acceptors (Lipinski definition) is 3. The van der Waals surface area contributed by atoms with Gasteiger partial charge in [0.1, 0.15) is 5.82 Å². The largest absolute Gasteiger partial charge is 0.219 e. The Morgan fingerprint density at radius 2 is 2.00 bits per heavy atom. The second-order valence-corrected chi connectivity index (χ2v) is 8.92. The van der Waals surface area contributed by atoms with E-state index in [9.17, 15) is 12.8 Å². The van der Waals surface area contributed by atoms with Gasteiger partial charge in [-0.2, -0.15) is 9.57 Å². The molecule has 1 atom stereocenters. The highest BCUT2D eigenvalue weighted by Crippen LogP contribution is 2.38. The lowest BCUT2D eigenvalue weighted by Crippen LogP contribution is -2.42. The zero-order chi connectivity index (χ0) is 15.8. The van der Waals surface area contributed by atoms with Gasteiger partial charge in [0.05, 0.1) is 16.4 Å². The molecule has 1 aliphatic rings. The first-order valence-corrected chi connectivity index (χ1v) is 8.33. The maximum absolute atomic E-state index is 13.6. The molecule has 1 unspecified atom stereocenters. The molecule has 0 aliphatic carbocycles. The van der Waals surface area contributed by atoms with E-state index in [0.29, 0.717) is 18.5 Å². The minimum Gasteiger partial charge on any atom is -0.212 e. The fraction of sp³-hybridized carbons (Fsp3) is 0.533. The van der Waals surface area contributed by atoms with E-state index in [4.69, 9.17) is 5.26 Å². The Hall–Kier alpha value is -1.45. The second-order valence-electron chi connectivity index (χ2n) is 6.27.